The van der Waals surface area contributed by atoms with E-state index in [4.69, 9.17) is 9.47 Å². The lowest BCUT2D eigenvalue weighted by atomic mass is 9.78. The minimum Gasteiger partial charge on any atom is -0.497 e. The van der Waals surface area contributed by atoms with Crippen molar-refractivity contribution in [1.29, 1.82) is 0 Å². The molecule has 0 radical (unpaired) electrons. The van der Waals surface area contributed by atoms with Crippen LogP contribution in [0.5, 0.6) is 11.5 Å². The Labute approximate surface area is 281 Å². The number of ketones is 1. The van der Waals surface area contributed by atoms with Crippen molar-refractivity contribution in [3.63, 3.8) is 0 Å². The predicted octanol–water partition coefficient (Wildman–Crippen LogP) is 10.6. The van der Waals surface area contributed by atoms with Crippen molar-refractivity contribution >= 4 is 28.8 Å². The molecule has 0 bridgehead atoms. The summed E-state index contributed by atoms with van der Waals surface area (Å²) in [5, 5.41) is 0. The van der Waals surface area contributed by atoms with E-state index in [1.165, 1.54) is 0 Å². The fourth-order valence-electron chi connectivity index (χ4n) is 6.46. The molecule has 0 unspecified atom stereocenters. The third kappa shape index (κ3) is 5.54. The molecule has 0 atom stereocenters. The van der Waals surface area contributed by atoms with Crippen molar-refractivity contribution in [2.45, 2.75) is 26.2 Å². The number of fused-ring (bicyclic) bond motifs is 5. The minimum atomic E-state index is -0.440. The molecule has 6 aromatic carbocycles. The number of methoxy groups -OCH3 is 1. The molecule has 0 saturated heterocycles. The van der Waals surface area contributed by atoms with Crippen molar-refractivity contribution in [2.24, 2.45) is 0 Å². The maximum Gasteiger partial charge on any atom is 0.343 e. The monoisotopic (exact) mass is 629 g/mol. The van der Waals surface area contributed by atoms with Gasteiger partial charge in [0, 0.05) is 27.8 Å². The fourth-order valence-corrected chi connectivity index (χ4v) is 6.46. The number of para-hydroxylation sites is 1. The molecule has 0 N–H and O–H groups in total. The largest absolute Gasteiger partial charge is 0.497 e. The maximum absolute atomic E-state index is 13.7. The van der Waals surface area contributed by atoms with E-state index in [0.29, 0.717) is 16.9 Å². The van der Waals surface area contributed by atoms with Crippen LogP contribution in [0.2, 0.25) is 0 Å². The Morgan fingerprint density at radius 1 is 0.562 bits per heavy atom. The Kier molecular flexibility index (Phi) is 7.90. The summed E-state index contributed by atoms with van der Waals surface area (Å²) in [6, 6.07) is 45.6. The lowest BCUT2D eigenvalue weighted by Gasteiger charge is -2.27. The van der Waals surface area contributed by atoms with Crippen LogP contribution in [-0.4, -0.2) is 18.9 Å². The van der Waals surface area contributed by atoms with Crippen molar-refractivity contribution < 1.29 is 19.1 Å². The van der Waals surface area contributed by atoms with Gasteiger partial charge in [0.15, 0.2) is 5.78 Å². The van der Waals surface area contributed by atoms with Crippen molar-refractivity contribution in [2.75, 3.05) is 12.0 Å². The molecule has 1 aliphatic heterocycles. The van der Waals surface area contributed by atoms with E-state index in [2.05, 4.69) is 55.1 Å². The summed E-state index contributed by atoms with van der Waals surface area (Å²) >= 11 is 0. The first kappa shape index (κ1) is 30.7. The van der Waals surface area contributed by atoms with E-state index in [-0.39, 0.29) is 11.2 Å². The molecule has 6 aromatic rings. The highest BCUT2D eigenvalue weighted by molar-refractivity contribution is 6.06. The molecule has 236 valence electrons. The molecule has 0 fully saturated rings. The topological polar surface area (TPSA) is 55.8 Å². The molecule has 48 heavy (non-hydrogen) atoms. The van der Waals surface area contributed by atoms with Crippen LogP contribution in [0.3, 0.4) is 0 Å². The van der Waals surface area contributed by atoms with Gasteiger partial charge in [0.05, 0.1) is 24.0 Å². The number of hydrogen-bond donors (Lipinski definition) is 0. The number of ether oxygens (including phenoxy) is 2. The van der Waals surface area contributed by atoms with Gasteiger partial charge in [-0.15, -0.1) is 0 Å². The highest BCUT2D eigenvalue weighted by atomic mass is 16.5. The fraction of sp³-hybridized carbons (Fsp3) is 0.116. The van der Waals surface area contributed by atoms with Gasteiger partial charge < -0.3 is 14.4 Å². The van der Waals surface area contributed by atoms with Gasteiger partial charge >= 0.3 is 5.97 Å². The summed E-state index contributed by atoms with van der Waals surface area (Å²) in [7, 11) is 1.66. The molecular weight excluding hydrogens is 594 g/mol. The number of benzene rings is 6. The third-order valence-corrected chi connectivity index (χ3v) is 9.24. The van der Waals surface area contributed by atoms with Gasteiger partial charge in [-0.25, -0.2) is 4.79 Å². The Balaban J connectivity index is 1.25. The highest BCUT2D eigenvalue weighted by Gasteiger charge is 2.28. The van der Waals surface area contributed by atoms with Gasteiger partial charge in [-0.1, -0.05) is 80.6 Å². The minimum absolute atomic E-state index is 0.00524. The number of rotatable bonds is 7. The average molecular weight is 630 g/mol. The average Bonchev–Trinajstić information content (AvgIpc) is 3.24. The summed E-state index contributed by atoms with van der Waals surface area (Å²) in [5.41, 5.74) is 9.70. The predicted molar refractivity (Wildman–Crippen MR) is 192 cm³/mol. The summed E-state index contributed by atoms with van der Waals surface area (Å²) < 4.78 is 11.2. The summed E-state index contributed by atoms with van der Waals surface area (Å²) in [6.45, 7) is 5.92. The van der Waals surface area contributed by atoms with Gasteiger partial charge in [-0.2, -0.15) is 0 Å². The van der Waals surface area contributed by atoms with Gasteiger partial charge in [-0.05, 0) is 102 Å². The second kappa shape index (κ2) is 12.3. The van der Waals surface area contributed by atoms with Crippen LogP contribution >= 0.6 is 0 Å². The van der Waals surface area contributed by atoms with Crippen molar-refractivity contribution in [3.05, 3.63) is 162 Å². The molecule has 0 spiro atoms. The molecule has 1 aliphatic rings. The molecule has 1 heterocycles. The van der Waals surface area contributed by atoms with E-state index >= 15 is 0 Å². The van der Waals surface area contributed by atoms with E-state index in [9.17, 15) is 9.59 Å². The molecule has 0 aromatic heterocycles. The SMILES string of the molecule is COc1ccc(C(C)(C)c2ccc(OC(=O)c3ccc4c(c3)-c3ccccc3-c3cc(C(C)=O)ccc3N4c3ccccc3)cc2)cc1. The Morgan fingerprint density at radius 2 is 1.06 bits per heavy atom. The Hall–Kier alpha value is -5.94. The third-order valence-electron chi connectivity index (χ3n) is 9.24. The second-order valence-electron chi connectivity index (χ2n) is 12.5. The number of carbonyl (C=O) groups is 2. The molecule has 5 nitrogen and oxygen atoms in total. The molecule has 0 amide bonds. The zero-order valence-corrected chi connectivity index (χ0v) is 27.4. The quantitative estimate of drug-likeness (QED) is 0.0998. The summed E-state index contributed by atoms with van der Waals surface area (Å²) in [6.07, 6.45) is 0. The lowest BCUT2D eigenvalue weighted by Crippen LogP contribution is -2.18. The zero-order valence-electron chi connectivity index (χ0n) is 27.4. The number of anilines is 3. The Morgan fingerprint density at radius 3 is 1.60 bits per heavy atom. The van der Waals surface area contributed by atoms with Crippen LogP contribution in [-0.2, 0) is 5.41 Å². The van der Waals surface area contributed by atoms with Crippen LogP contribution in [0.25, 0.3) is 22.3 Å². The zero-order chi connectivity index (χ0) is 33.4. The number of esters is 1. The number of hydrogen-bond acceptors (Lipinski definition) is 5. The van der Waals surface area contributed by atoms with E-state index < -0.39 is 5.97 Å². The lowest BCUT2D eigenvalue weighted by molar-refractivity contribution is 0.0734. The number of nitrogens with zero attached hydrogens (tertiary/aromatic N) is 1. The van der Waals surface area contributed by atoms with E-state index in [1.54, 1.807) is 14.0 Å². The second-order valence-corrected chi connectivity index (χ2v) is 12.5. The smallest absolute Gasteiger partial charge is 0.343 e. The van der Waals surface area contributed by atoms with Crippen LogP contribution in [0.4, 0.5) is 17.1 Å². The first-order chi connectivity index (χ1) is 23.2. The standard InChI is InChI=1S/C43H35NO4/c1-28(45)29-14-24-40-38(26-29)36-12-8-9-13-37(36)39-27-30(15-25-41(39)44(40)33-10-6-5-7-11-33)42(46)48-35-22-18-32(19-23-35)43(2,3)31-16-20-34(47-4)21-17-31/h5-27H,1-4H3. The van der Waals surface area contributed by atoms with Gasteiger partial charge in [0.2, 0.25) is 0 Å². The summed E-state index contributed by atoms with van der Waals surface area (Å²) in [5.74, 6) is 0.854. The first-order valence-corrected chi connectivity index (χ1v) is 16.0. The molecule has 0 saturated carbocycles. The summed E-state index contributed by atoms with van der Waals surface area (Å²) in [4.78, 5) is 28.3. The van der Waals surface area contributed by atoms with Crippen LogP contribution in [0.1, 0.15) is 52.6 Å². The van der Waals surface area contributed by atoms with Gasteiger partial charge in [-0.3, -0.25) is 4.79 Å². The highest BCUT2D eigenvalue weighted by Crippen LogP contribution is 2.51. The van der Waals surface area contributed by atoms with Crippen LogP contribution in [0, 0.1) is 0 Å². The van der Waals surface area contributed by atoms with Crippen molar-refractivity contribution in [3.8, 4) is 33.8 Å². The first-order valence-electron chi connectivity index (χ1n) is 16.0. The van der Waals surface area contributed by atoms with E-state index in [0.717, 1.165) is 56.2 Å². The normalized spacial score (nSPS) is 11.9. The molecule has 7 rings (SSSR count). The van der Waals surface area contributed by atoms with Crippen LogP contribution in [0.15, 0.2) is 140 Å². The maximum atomic E-state index is 13.7. The van der Waals surface area contributed by atoms with E-state index in [1.807, 2.05) is 103 Å². The van der Waals surface area contributed by atoms with Gasteiger partial charge in [0.1, 0.15) is 11.5 Å². The van der Waals surface area contributed by atoms with Gasteiger partial charge in [0.25, 0.3) is 0 Å². The molecule has 5 heteroatoms. The van der Waals surface area contributed by atoms with Crippen molar-refractivity contribution in [1.82, 2.24) is 0 Å². The molecular formula is C43H35NO4. The number of Topliss-reactive ketones (excluding diaryl/α,β-unsaturated/α-hetero) is 1. The Bertz CT molecular complexity index is 2150. The molecule has 0 aliphatic carbocycles. The number of carbonyl (C=O) groups excluding carboxylic acids is 2. The van der Waals surface area contributed by atoms with Crippen LogP contribution < -0.4 is 14.4 Å².